The first kappa shape index (κ1) is 8.56. The number of hydrogen-bond donors (Lipinski definition) is 0. The number of hydrogen-bond acceptors (Lipinski definition) is 2. The predicted molar refractivity (Wildman–Crippen MR) is 45.1 cm³/mol. The first-order valence-corrected chi connectivity index (χ1v) is 4.53. The molecule has 0 aromatic carbocycles. The molecule has 3 heteroatoms. The van der Waals surface area contributed by atoms with Gasteiger partial charge in [-0.05, 0) is 18.6 Å². The van der Waals surface area contributed by atoms with E-state index in [0.717, 1.165) is 12.2 Å². The summed E-state index contributed by atoms with van der Waals surface area (Å²) in [6.07, 6.45) is 4.27. The molecule has 0 bridgehead atoms. The van der Waals surface area contributed by atoms with Crippen LogP contribution in [0, 0.1) is 0 Å². The minimum Gasteiger partial charge on any atom is -0.265 e. The van der Waals surface area contributed by atoms with E-state index in [1.54, 1.807) is 24.2 Å². The Bertz CT molecular complexity index is 191. The van der Waals surface area contributed by atoms with Gasteiger partial charge in [0.15, 0.2) is 0 Å². The normalized spacial score (nSPS) is 9.91. The first-order valence-electron chi connectivity index (χ1n) is 3.54. The Labute approximate surface area is 70.7 Å². The Kier molecular flexibility index (Phi) is 4.01. The summed E-state index contributed by atoms with van der Waals surface area (Å²) in [5.41, 5.74) is 0. The van der Waals surface area contributed by atoms with Crippen LogP contribution in [0.4, 0.5) is 0 Å². The van der Waals surface area contributed by atoms with E-state index in [4.69, 9.17) is 0 Å². The van der Waals surface area contributed by atoms with Crippen molar-refractivity contribution in [2.75, 3.05) is 12.4 Å². The molecule has 0 aliphatic rings. The second-order valence-electron chi connectivity index (χ2n) is 2.09. The lowest BCUT2D eigenvalue weighted by atomic mass is 10.5. The molecule has 0 aliphatic carbocycles. The SMILES string of the molecule is [O]CCCSc1ccncc1. The molecule has 2 nitrogen and oxygen atoms in total. The fourth-order valence-corrected chi connectivity index (χ4v) is 1.50. The third-order valence-electron chi connectivity index (χ3n) is 1.21. The van der Waals surface area contributed by atoms with Crippen LogP contribution in [0.5, 0.6) is 0 Å². The maximum Gasteiger partial charge on any atom is 0.0830 e. The number of rotatable bonds is 4. The molecule has 0 spiro atoms. The lowest BCUT2D eigenvalue weighted by Gasteiger charge is -1.96. The van der Waals surface area contributed by atoms with Crippen LogP contribution in [0.25, 0.3) is 0 Å². The Balaban J connectivity index is 2.28. The lowest BCUT2D eigenvalue weighted by Crippen LogP contribution is -1.83. The molecule has 1 rings (SSSR count). The smallest absolute Gasteiger partial charge is 0.0830 e. The summed E-state index contributed by atoms with van der Waals surface area (Å²) in [7, 11) is 0. The fraction of sp³-hybridized carbons (Fsp3) is 0.375. The topological polar surface area (TPSA) is 32.8 Å². The molecule has 0 fully saturated rings. The molecule has 0 aliphatic heterocycles. The van der Waals surface area contributed by atoms with Gasteiger partial charge in [-0.3, -0.25) is 4.98 Å². The van der Waals surface area contributed by atoms with Crippen LogP contribution < -0.4 is 0 Å². The zero-order chi connectivity index (χ0) is 7.94. The van der Waals surface area contributed by atoms with E-state index in [1.165, 1.54) is 4.90 Å². The third kappa shape index (κ3) is 3.39. The van der Waals surface area contributed by atoms with Crippen LogP contribution in [0.3, 0.4) is 0 Å². The summed E-state index contributed by atoms with van der Waals surface area (Å²) in [6, 6.07) is 3.91. The van der Waals surface area contributed by atoms with Gasteiger partial charge in [0.2, 0.25) is 0 Å². The van der Waals surface area contributed by atoms with Crippen molar-refractivity contribution in [2.24, 2.45) is 0 Å². The van der Waals surface area contributed by atoms with Gasteiger partial charge >= 0.3 is 0 Å². The molecule has 1 heterocycles. The monoisotopic (exact) mass is 168 g/mol. The molecule has 0 saturated carbocycles. The molecule has 1 aromatic heterocycles. The molecule has 11 heavy (non-hydrogen) atoms. The van der Waals surface area contributed by atoms with E-state index in [1.807, 2.05) is 12.1 Å². The van der Waals surface area contributed by atoms with Crippen molar-refractivity contribution in [1.29, 1.82) is 0 Å². The number of pyridine rings is 1. The lowest BCUT2D eigenvalue weighted by molar-refractivity contribution is 0.194. The Morgan fingerprint density at radius 2 is 2.09 bits per heavy atom. The van der Waals surface area contributed by atoms with Crippen molar-refractivity contribution < 1.29 is 5.11 Å². The zero-order valence-corrected chi connectivity index (χ0v) is 7.01. The van der Waals surface area contributed by atoms with E-state index >= 15 is 0 Å². The molecular formula is C8H10NOS. The van der Waals surface area contributed by atoms with Gasteiger partial charge in [-0.25, -0.2) is 5.11 Å². The number of aromatic nitrogens is 1. The first-order chi connectivity index (χ1) is 5.43. The summed E-state index contributed by atoms with van der Waals surface area (Å²) in [5, 5.41) is 10.1. The Hall–Kier alpha value is -0.540. The molecule has 59 valence electrons. The minimum absolute atomic E-state index is 0.0259. The highest BCUT2D eigenvalue weighted by Gasteiger charge is 1.91. The molecular weight excluding hydrogens is 158 g/mol. The molecule has 0 saturated heterocycles. The molecule has 0 unspecified atom stereocenters. The minimum atomic E-state index is 0.0259. The van der Waals surface area contributed by atoms with Crippen LogP contribution in [-0.2, 0) is 5.11 Å². The zero-order valence-electron chi connectivity index (χ0n) is 6.19. The van der Waals surface area contributed by atoms with E-state index in [9.17, 15) is 5.11 Å². The standard InChI is InChI=1S/C8H10NOS/c10-6-1-7-11-8-2-4-9-5-3-8/h2-5H,1,6-7H2. The molecule has 1 aromatic rings. The fourth-order valence-electron chi connectivity index (χ4n) is 0.683. The highest BCUT2D eigenvalue weighted by molar-refractivity contribution is 7.99. The summed E-state index contributed by atoms with van der Waals surface area (Å²) in [6.45, 7) is 0.0259. The average Bonchev–Trinajstić information content (AvgIpc) is 2.07. The Morgan fingerprint density at radius 1 is 1.36 bits per heavy atom. The predicted octanol–water partition coefficient (Wildman–Crippen LogP) is 1.99. The van der Waals surface area contributed by atoms with Crippen molar-refractivity contribution in [3.05, 3.63) is 24.5 Å². The van der Waals surface area contributed by atoms with Gasteiger partial charge in [-0.15, -0.1) is 11.8 Å². The van der Waals surface area contributed by atoms with E-state index in [0.29, 0.717) is 0 Å². The summed E-state index contributed by atoms with van der Waals surface area (Å²) in [5.74, 6) is 0.910. The van der Waals surface area contributed by atoms with Crippen molar-refractivity contribution in [2.45, 2.75) is 11.3 Å². The highest BCUT2D eigenvalue weighted by atomic mass is 32.2. The van der Waals surface area contributed by atoms with Crippen LogP contribution in [0.15, 0.2) is 29.4 Å². The number of thioether (sulfide) groups is 1. The largest absolute Gasteiger partial charge is 0.265 e. The van der Waals surface area contributed by atoms with Crippen LogP contribution in [0.2, 0.25) is 0 Å². The summed E-state index contributed by atoms with van der Waals surface area (Å²) in [4.78, 5) is 5.09. The van der Waals surface area contributed by atoms with Crippen molar-refractivity contribution in [3.63, 3.8) is 0 Å². The van der Waals surface area contributed by atoms with E-state index < -0.39 is 0 Å². The van der Waals surface area contributed by atoms with E-state index in [-0.39, 0.29) is 6.61 Å². The molecule has 0 atom stereocenters. The maximum atomic E-state index is 10.1. The number of nitrogens with zero attached hydrogens (tertiary/aromatic N) is 1. The molecule has 1 radical (unpaired) electrons. The average molecular weight is 168 g/mol. The maximum absolute atomic E-state index is 10.1. The van der Waals surface area contributed by atoms with Crippen molar-refractivity contribution in [1.82, 2.24) is 4.98 Å². The van der Waals surface area contributed by atoms with Gasteiger partial charge in [0.05, 0.1) is 6.61 Å². The van der Waals surface area contributed by atoms with Gasteiger partial charge in [0.25, 0.3) is 0 Å². The van der Waals surface area contributed by atoms with E-state index in [2.05, 4.69) is 4.98 Å². The van der Waals surface area contributed by atoms with Gasteiger partial charge in [-0.2, -0.15) is 0 Å². The van der Waals surface area contributed by atoms with Gasteiger partial charge < -0.3 is 0 Å². The molecule has 0 N–H and O–H groups in total. The van der Waals surface area contributed by atoms with Gasteiger partial charge in [0, 0.05) is 23.0 Å². The van der Waals surface area contributed by atoms with Crippen LogP contribution >= 0.6 is 11.8 Å². The summed E-state index contributed by atoms with van der Waals surface area (Å²) < 4.78 is 0. The Morgan fingerprint density at radius 3 is 2.73 bits per heavy atom. The van der Waals surface area contributed by atoms with Crippen LogP contribution in [-0.4, -0.2) is 17.3 Å². The second kappa shape index (κ2) is 5.16. The van der Waals surface area contributed by atoms with Crippen molar-refractivity contribution >= 4 is 11.8 Å². The highest BCUT2D eigenvalue weighted by Crippen LogP contribution is 2.16. The quantitative estimate of drug-likeness (QED) is 0.509. The second-order valence-corrected chi connectivity index (χ2v) is 3.26. The molecule has 0 amide bonds. The third-order valence-corrected chi connectivity index (χ3v) is 2.31. The summed E-state index contributed by atoms with van der Waals surface area (Å²) >= 11 is 1.70. The van der Waals surface area contributed by atoms with Crippen LogP contribution in [0.1, 0.15) is 6.42 Å². The van der Waals surface area contributed by atoms with Gasteiger partial charge in [0.1, 0.15) is 0 Å². The van der Waals surface area contributed by atoms with Gasteiger partial charge in [-0.1, -0.05) is 0 Å². The van der Waals surface area contributed by atoms with Crippen molar-refractivity contribution in [3.8, 4) is 0 Å².